The van der Waals surface area contributed by atoms with Crippen molar-refractivity contribution in [2.24, 2.45) is 0 Å². The Morgan fingerprint density at radius 2 is 1.86 bits per heavy atom. The van der Waals surface area contributed by atoms with Crippen LogP contribution in [0.1, 0.15) is 30.2 Å². The van der Waals surface area contributed by atoms with Crippen LogP contribution in [0.15, 0.2) is 30.3 Å². The Kier molecular flexibility index (Phi) is 6.00. The first-order valence-corrected chi connectivity index (χ1v) is 5.51. The average Bonchev–Trinajstić information content (AvgIpc) is 2.25. The summed E-state index contributed by atoms with van der Waals surface area (Å²) in [6.45, 7) is 0.597. The highest BCUT2D eigenvalue weighted by Gasteiger charge is 2.05. The molecule has 1 unspecified atom stereocenters. The molecule has 1 rings (SSSR count). The van der Waals surface area contributed by atoms with E-state index >= 15 is 0 Å². The van der Waals surface area contributed by atoms with Gasteiger partial charge in [0.2, 0.25) is 0 Å². The number of unbranched alkanes of at least 4 members (excludes halogenated alkanes) is 1. The monoisotopic (exact) mass is 232 g/mol. The molecule has 0 fully saturated rings. The molecule has 0 aliphatic heterocycles. The maximum atomic E-state index is 6.21. The first kappa shape index (κ1) is 11.8. The predicted molar refractivity (Wildman–Crippen MR) is 60.7 cm³/mol. The van der Waals surface area contributed by atoms with Gasteiger partial charge in [0.15, 0.2) is 0 Å². The van der Waals surface area contributed by atoms with Crippen molar-refractivity contribution in [3.8, 4) is 0 Å². The smallest absolute Gasteiger partial charge is 0.0682 e. The molecule has 0 aliphatic carbocycles. The Bertz CT molecular complexity index is 238. The SMILES string of the molecule is ClOCCCCC(Cl)c1ccccc1. The molecule has 3 heteroatoms. The zero-order chi connectivity index (χ0) is 10.2. The first-order chi connectivity index (χ1) is 6.84. The summed E-state index contributed by atoms with van der Waals surface area (Å²) in [4.78, 5) is 0. The zero-order valence-corrected chi connectivity index (χ0v) is 9.47. The van der Waals surface area contributed by atoms with E-state index in [0.717, 1.165) is 19.3 Å². The zero-order valence-electron chi connectivity index (χ0n) is 7.96. The van der Waals surface area contributed by atoms with Gasteiger partial charge < -0.3 is 0 Å². The Morgan fingerprint density at radius 3 is 2.50 bits per heavy atom. The fourth-order valence-electron chi connectivity index (χ4n) is 1.31. The number of hydrogen-bond donors (Lipinski definition) is 0. The number of hydrogen-bond acceptors (Lipinski definition) is 1. The molecule has 14 heavy (non-hydrogen) atoms. The molecule has 0 aliphatic rings. The van der Waals surface area contributed by atoms with Gasteiger partial charge in [-0.3, -0.25) is 4.29 Å². The minimum atomic E-state index is 0.103. The predicted octanol–water partition coefficient (Wildman–Crippen LogP) is 4.31. The van der Waals surface area contributed by atoms with Gasteiger partial charge in [-0.1, -0.05) is 30.3 Å². The van der Waals surface area contributed by atoms with Crippen molar-refractivity contribution in [1.82, 2.24) is 0 Å². The molecule has 1 nitrogen and oxygen atoms in total. The highest BCUT2D eigenvalue weighted by Crippen LogP contribution is 2.25. The molecule has 0 saturated heterocycles. The molecule has 0 amide bonds. The molecule has 1 atom stereocenters. The van der Waals surface area contributed by atoms with E-state index in [4.69, 9.17) is 23.5 Å². The molecule has 0 spiro atoms. The summed E-state index contributed by atoms with van der Waals surface area (Å²) in [6, 6.07) is 10.1. The van der Waals surface area contributed by atoms with Crippen LogP contribution in [0.5, 0.6) is 0 Å². The highest BCUT2D eigenvalue weighted by molar-refractivity contribution is 6.20. The maximum absolute atomic E-state index is 6.21. The number of benzene rings is 1. The lowest BCUT2D eigenvalue weighted by molar-refractivity contribution is 0.336. The van der Waals surface area contributed by atoms with E-state index in [2.05, 4.69) is 16.4 Å². The fourth-order valence-corrected chi connectivity index (χ4v) is 1.72. The molecule has 0 radical (unpaired) electrons. The lowest BCUT2D eigenvalue weighted by atomic mass is 10.1. The van der Waals surface area contributed by atoms with Gasteiger partial charge >= 0.3 is 0 Å². The van der Waals surface area contributed by atoms with Crippen molar-refractivity contribution in [1.29, 1.82) is 0 Å². The van der Waals surface area contributed by atoms with Crippen molar-refractivity contribution in [3.05, 3.63) is 35.9 Å². The number of halogens is 2. The Balaban J connectivity index is 2.25. The van der Waals surface area contributed by atoms with Crippen molar-refractivity contribution >= 4 is 23.5 Å². The second-order valence-electron chi connectivity index (χ2n) is 3.19. The van der Waals surface area contributed by atoms with Crippen LogP contribution in [0.3, 0.4) is 0 Å². The minimum absolute atomic E-state index is 0.103. The Morgan fingerprint density at radius 1 is 1.14 bits per heavy atom. The Hall–Kier alpha value is -0.240. The van der Waals surface area contributed by atoms with Crippen LogP contribution in [-0.4, -0.2) is 6.61 Å². The van der Waals surface area contributed by atoms with Crippen LogP contribution in [0.4, 0.5) is 0 Å². The number of rotatable bonds is 6. The molecule has 0 N–H and O–H groups in total. The third kappa shape index (κ3) is 4.32. The van der Waals surface area contributed by atoms with Gasteiger partial charge in [-0.05, 0) is 24.8 Å². The molecular weight excluding hydrogens is 219 g/mol. The second-order valence-corrected chi connectivity index (χ2v) is 3.93. The summed E-state index contributed by atoms with van der Waals surface area (Å²) in [7, 11) is 0. The average molecular weight is 233 g/mol. The summed E-state index contributed by atoms with van der Waals surface area (Å²) in [6.07, 6.45) is 2.96. The van der Waals surface area contributed by atoms with E-state index in [1.807, 2.05) is 18.2 Å². The van der Waals surface area contributed by atoms with Gasteiger partial charge in [0, 0.05) is 0 Å². The minimum Gasteiger partial charge on any atom is -0.279 e. The molecular formula is C11H14Cl2O. The van der Waals surface area contributed by atoms with Gasteiger partial charge in [-0.2, -0.15) is 0 Å². The van der Waals surface area contributed by atoms with Gasteiger partial charge in [-0.15, -0.1) is 11.6 Å². The van der Waals surface area contributed by atoms with Crippen LogP contribution in [-0.2, 0) is 4.29 Å². The Labute approximate surface area is 95.1 Å². The third-order valence-corrected chi connectivity index (χ3v) is 2.71. The van der Waals surface area contributed by atoms with E-state index in [9.17, 15) is 0 Å². The lowest BCUT2D eigenvalue weighted by Gasteiger charge is -2.08. The standard InChI is InChI=1S/C11H14Cl2O/c12-11(8-4-5-9-14-13)10-6-2-1-3-7-10/h1-3,6-7,11H,4-5,8-9H2. The lowest BCUT2D eigenvalue weighted by Crippen LogP contribution is -1.92. The van der Waals surface area contributed by atoms with Crippen LogP contribution in [0, 0.1) is 0 Å². The summed E-state index contributed by atoms with van der Waals surface area (Å²) in [5.41, 5.74) is 1.18. The van der Waals surface area contributed by atoms with Crippen LogP contribution >= 0.6 is 23.5 Å². The molecule has 0 heterocycles. The van der Waals surface area contributed by atoms with Crippen molar-refractivity contribution < 1.29 is 4.29 Å². The van der Waals surface area contributed by atoms with Crippen LogP contribution in [0.25, 0.3) is 0 Å². The van der Waals surface area contributed by atoms with Gasteiger partial charge in [0.1, 0.15) is 0 Å². The molecule has 0 aromatic heterocycles. The topological polar surface area (TPSA) is 9.23 Å². The van der Waals surface area contributed by atoms with E-state index in [0.29, 0.717) is 6.61 Å². The second kappa shape index (κ2) is 7.10. The van der Waals surface area contributed by atoms with Gasteiger partial charge in [0.25, 0.3) is 0 Å². The molecule has 1 aromatic carbocycles. The third-order valence-electron chi connectivity index (χ3n) is 2.09. The van der Waals surface area contributed by atoms with E-state index in [-0.39, 0.29) is 5.38 Å². The van der Waals surface area contributed by atoms with Crippen LogP contribution in [0.2, 0.25) is 0 Å². The molecule has 1 aromatic rings. The molecule has 78 valence electrons. The number of alkyl halides is 1. The van der Waals surface area contributed by atoms with Crippen molar-refractivity contribution in [2.75, 3.05) is 6.61 Å². The fraction of sp³-hybridized carbons (Fsp3) is 0.455. The van der Waals surface area contributed by atoms with Gasteiger partial charge in [0.05, 0.1) is 23.9 Å². The van der Waals surface area contributed by atoms with Gasteiger partial charge in [-0.25, -0.2) is 0 Å². The molecule has 0 saturated carbocycles. The normalized spacial score (nSPS) is 12.7. The largest absolute Gasteiger partial charge is 0.279 e. The van der Waals surface area contributed by atoms with E-state index in [1.165, 1.54) is 5.56 Å². The quantitative estimate of drug-likeness (QED) is 0.525. The van der Waals surface area contributed by atoms with Crippen LogP contribution < -0.4 is 0 Å². The summed E-state index contributed by atoms with van der Waals surface area (Å²) >= 11 is 11.3. The van der Waals surface area contributed by atoms with Crippen molar-refractivity contribution in [2.45, 2.75) is 24.6 Å². The van der Waals surface area contributed by atoms with E-state index < -0.39 is 0 Å². The summed E-state index contributed by atoms with van der Waals surface area (Å²) in [5, 5.41) is 0.103. The summed E-state index contributed by atoms with van der Waals surface area (Å²) in [5.74, 6) is 0. The first-order valence-electron chi connectivity index (χ1n) is 4.77. The maximum Gasteiger partial charge on any atom is 0.0682 e. The highest BCUT2D eigenvalue weighted by atomic mass is 35.5. The van der Waals surface area contributed by atoms with E-state index in [1.54, 1.807) is 0 Å². The summed E-state index contributed by atoms with van der Waals surface area (Å²) < 4.78 is 4.46. The molecule has 0 bridgehead atoms. The van der Waals surface area contributed by atoms with Crippen molar-refractivity contribution in [3.63, 3.8) is 0 Å².